The van der Waals surface area contributed by atoms with Crippen molar-refractivity contribution < 1.29 is 23.1 Å². The summed E-state index contributed by atoms with van der Waals surface area (Å²) < 4.78 is 26.7. The summed E-state index contributed by atoms with van der Waals surface area (Å²) in [5.41, 5.74) is 1.29. The van der Waals surface area contributed by atoms with Gasteiger partial charge in [-0.2, -0.15) is 0 Å². The molecule has 0 bridgehead atoms. The minimum atomic E-state index is -1.75. The van der Waals surface area contributed by atoms with Crippen LogP contribution in [0.1, 0.15) is 58.6 Å². The van der Waals surface area contributed by atoms with Crippen molar-refractivity contribution in [1.82, 2.24) is 4.90 Å². The van der Waals surface area contributed by atoms with Gasteiger partial charge in [0.25, 0.3) is 11.8 Å². The van der Waals surface area contributed by atoms with Crippen LogP contribution in [0.15, 0.2) is 69.9 Å². The zero-order valence-electron chi connectivity index (χ0n) is 23.5. The van der Waals surface area contributed by atoms with Gasteiger partial charge in [0, 0.05) is 24.3 Å². The third-order valence-corrected chi connectivity index (χ3v) is 8.12. The van der Waals surface area contributed by atoms with E-state index >= 15 is 0 Å². The molecule has 2 aliphatic rings. The number of amides is 2. The Balaban J connectivity index is 1.59. The molecule has 0 radical (unpaired) electrons. The van der Waals surface area contributed by atoms with Crippen molar-refractivity contribution >= 4 is 28.5 Å². The summed E-state index contributed by atoms with van der Waals surface area (Å²) in [6.45, 7) is 8.11. The molecule has 2 aliphatic heterocycles. The molecule has 3 heterocycles. The van der Waals surface area contributed by atoms with Gasteiger partial charge in [0.05, 0.1) is 29.3 Å². The summed E-state index contributed by atoms with van der Waals surface area (Å²) in [7, 11) is 0. The van der Waals surface area contributed by atoms with E-state index in [9.17, 15) is 18.8 Å². The van der Waals surface area contributed by atoms with Crippen molar-refractivity contribution in [1.29, 1.82) is 0 Å². The van der Waals surface area contributed by atoms with Gasteiger partial charge in [-0.15, -0.1) is 0 Å². The number of carbonyl (C=O) groups excluding carboxylic acids is 2. The van der Waals surface area contributed by atoms with E-state index in [1.807, 2.05) is 27.7 Å². The molecule has 1 unspecified atom stereocenters. The molecule has 7 nitrogen and oxygen atoms in total. The minimum absolute atomic E-state index is 0.000517. The lowest BCUT2D eigenvalue weighted by molar-refractivity contribution is -0.126. The van der Waals surface area contributed by atoms with Crippen LogP contribution >= 0.6 is 0 Å². The highest BCUT2D eigenvalue weighted by atomic mass is 19.1. The van der Waals surface area contributed by atoms with E-state index in [1.165, 1.54) is 15.9 Å². The number of carbonyl (C=O) groups is 2. The molecule has 210 valence electrons. The second-order valence-electron chi connectivity index (χ2n) is 11.0. The second kappa shape index (κ2) is 9.96. The molecular formula is C33H31FN2O5. The quantitative estimate of drug-likeness (QED) is 0.278. The molecule has 0 saturated carbocycles. The Hall–Kier alpha value is -4.30. The van der Waals surface area contributed by atoms with Crippen LogP contribution in [-0.4, -0.2) is 36.0 Å². The van der Waals surface area contributed by atoms with Crippen LogP contribution in [-0.2, 0) is 21.6 Å². The molecular weight excluding hydrogens is 523 g/mol. The average Bonchev–Trinajstić information content (AvgIpc) is 3.33. The monoisotopic (exact) mass is 554 g/mol. The molecule has 1 spiro atoms. The molecule has 4 aromatic rings. The number of ether oxygens (including phenoxy) is 1. The summed E-state index contributed by atoms with van der Waals surface area (Å²) in [6.07, 6.45) is 0.439. The van der Waals surface area contributed by atoms with Crippen LogP contribution < -0.4 is 10.3 Å². The molecule has 0 N–H and O–H groups in total. The first kappa shape index (κ1) is 26.9. The Morgan fingerprint density at radius 1 is 0.976 bits per heavy atom. The molecule has 0 saturated heterocycles. The second-order valence-corrected chi connectivity index (χ2v) is 11.0. The summed E-state index contributed by atoms with van der Waals surface area (Å²) in [6, 6.07) is 16.9. The molecule has 1 atom stereocenters. The number of aryl methyl sites for hydroxylation is 2. The number of hydrogen-bond donors (Lipinski definition) is 0. The van der Waals surface area contributed by atoms with Gasteiger partial charge in [-0.25, -0.2) is 4.39 Å². The van der Waals surface area contributed by atoms with Crippen molar-refractivity contribution in [2.45, 2.75) is 52.3 Å². The van der Waals surface area contributed by atoms with Crippen molar-refractivity contribution in [3.8, 4) is 0 Å². The van der Waals surface area contributed by atoms with E-state index in [1.54, 1.807) is 54.6 Å². The van der Waals surface area contributed by atoms with Crippen LogP contribution in [0.2, 0.25) is 0 Å². The third-order valence-electron chi connectivity index (χ3n) is 8.12. The van der Waals surface area contributed by atoms with Crippen LogP contribution in [0.3, 0.4) is 0 Å². The Morgan fingerprint density at radius 2 is 1.68 bits per heavy atom. The number of nitrogens with zero attached hydrogens (tertiary/aromatic N) is 2. The number of halogens is 1. The Bertz CT molecular complexity index is 1780. The molecule has 3 aromatic carbocycles. The lowest BCUT2D eigenvalue weighted by atomic mass is 9.83. The summed E-state index contributed by atoms with van der Waals surface area (Å²) in [5, 5.41) is 0.307. The van der Waals surface area contributed by atoms with E-state index in [0.29, 0.717) is 40.8 Å². The summed E-state index contributed by atoms with van der Waals surface area (Å²) in [4.78, 5) is 46.2. The number of para-hydroxylation sites is 1. The zero-order chi connectivity index (χ0) is 29.1. The Kier molecular flexibility index (Phi) is 6.53. The summed E-state index contributed by atoms with van der Waals surface area (Å²) in [5.74, 6) is -1.60. The number of benzene rings is 3. The van der Waals surface area contributed by atoms with Gasteiger partial charge < -0.3 is 19.0 Å². The van der Waals surface area contributed by atoms with Gasteiger partial charge in [-0.1, -0.05) is 36.4 Å². The van der Waals surface area contributed by atoms with E-state index < -0.39 is 28.6 Å². The fourth-order valence-corrected chi connectivity index (χ4v) is 6.04. The maximum absolute atomic E-state index is 14.8. The predicted octanol–water partition coefficient (Wildman–Crippen LogP) is 5.61. The predicted molar refractivity (Wildman–Crippen MR) is 154 cm³/mol. The maximum Gasteiger partial charge on any atom is 0.291 e. The SMILES string of the molecule is Cc1cc2oc3c(c(=O)c2cc1C)C1(C(=O)N(Cc2ccccc2F)c2ccccc21)N(CCCOC(C)C)C3=O. The standard InChI is InChI=1S/C33H31FN2O5/c1-19(2)40-15-9-14-36-31(38)30-28(29(37)23-16-20(3)21(4)17-27(23)41-30)33(36)24-11-6-8-13-26(24)35(32(33)39)18-22-10-5-7-12-25(22)34/h5-8,10-13,16-17,19H,9,14-15,18H2,1-4H3. The lowest BCUT2D eigenvalue weighted by Crippen LogP contribution is -2.53. The lowest BCUT2D eigenvalue weighted by Gasteiger charge is -2.34. The van der Waals surface area contributed by atoms with Gasteiger partial charge >= 0.3 is 0 Å². The molecule has 8 heteroatoms. The van der Waals surface area contributed by atoms with Crippen molar-refractivity contribution in [3.05, 3.63) is 110 Å². The third kappa shape index (κ3) is 4.00. The van der Waals surface area contributed by atoms with Gasteiger partial charge in [0.2, 0.25) is 5.76 Å². The Morgan fingerprint density at radius 3 is 2.44 bits per heavy atom. The summed E-state index contributed by atoms with van der Waals surface area (Å²) >= 11 is 0. The van der Waals surface area contributed by atoms with Gasteiger partial charge in [0.15, 0.2) is 11.0 Å². The molecule has 2 amide bonds. The van der Waals surface area contributed by atoms with Gasteiger partial charge in [0.1, 0.15) is 11.4 Å². The molecule has 41 heavy (non-hydrogen) atoms. The minimum Gasteiger partial charge on any atom is -0.450 e. The first-order chi connectivity index (χ1) is 19.7. The first-order valence-corrected chi connectivity index (χ1v) is 13.8. The Labute approximate surface area is 237 Å². The fraction of sp³-hybridized carbons (Fsp3) is 0.303. The van der Waals surface area contributed by atoms with E-state index in [4.69, 9.17) is 9.15 Å². The largest absolute Gasteiger partial charge is 0.450 e. The van der Waals surface area contributed by atoms with E-state index in [0.717, 1.165) is 11.1 Å². The van der Waals surface area contributed by atoms with E-state index in [-0.39, 0.29) is 30.5 Å². The van der Waals surface area contributed by atoms with Crippen molar-refractivity contribution in [3.63, 3.8) is 0 Å². The van der Waals surface area contributed by atoms with Crippen LogP contribution in [0.5, 0.6) is 0 Å². The van der Waals surface area contributed by atoms with Crippen LogP contribution in [0, 0.1) is 19.7 Å². The number of rotatable bonds is 7. The smallest absolute Gasteiger partial charge is 0.291 e. The number of fused-ring (bicyclic) bond motifs is 5. The molecule has 1 aromatic heterocycles. The average molecular weight is 555 g/mol. The van der Waals surface area contributed by atoms with Gasteiger partial charge in [-0.3, -0.25) is 14.4 Å². The number of hydrogen-bond acceptors (Lipinski definition) is 5. The van der Waals surface area contributed by atoms with Gasteiger partial charge in [-0.05, 0) is 69.5 Å². The normalized spacial score (nSPS) is 17.8. The zero-order valence-corrected chi connectivity index (χ0v) is 23.5. The highest BCUT2D eigenvalue weighted by Crippen LogP contribution is 2.53. The van der Waals surface area contributed by atoms with E-state index in [2.05, 4.69) is 0 Å². The maximum atomic E-state index is 14.8. The molecule has 0 aliphatic carbocycles. The van der Waals surface area contributed by atoms with Crippen molar-refractivity contribution in [2.24, 2.45) is 0 Å². The first-order valence-electron chi connectivity index (χ1n) is 13.8. The van der Waals surface area contributed by atoms with Crippen molar-refractivity contribution in [2.75, 3.05) is 18.1 Å². The highest BCUT2D eigenvalue weighted by Gasteiger charge is 2.64. The fourth-order valence-electron chi connectivity index (χ4n) is 6.04. The van der Waals surface area contributed by atoms with Crippen LogP contribution in [0.4, 0.5) is 10.1 Å². The molecule has 0 fully saturated rings. The number of anilines is 1. The molecule has 6 rings (SSSR count). The van der Waals surface area contributed by atoms with Crippen LogP contribution in [0.25, 0.3) is 11.0 Å². The highest BCUT2D eigenvalue weighted by molar-refractivity contribution is 6.17. The topological polar surface area (TPSA) is 80.1 Å².